The first kappa shape index (κ1) is 23.3. The lowest BCUT2D eigenvalue weighted by atomic mass is 10.00. The second kappa shape index (κ2) is 9.81. The van der Waals surface area contributed by atoms with Gasteiger partial charge in [-0.2, -0.15) is 0 Å². The molecular weight excluding hydrogens is 431 g/mol. The number of phosphoric ester groups is 1. The summed E-state index contributed by atoms with van der Waals surface area (Å²) in [4.78, 5) is 34.5. The Morgan fingerprint density at radius 2 is 1.41 bits per heavy atom. The van der Waals surface area contributed by atoms with Crippen molar-refractivity contribution in [3.05, 3.63) is 95.1 Å². The van der Waals surface area contributed by atoms with Crippen LogP contribution in [0, 0.1) is 13.8 Å². The van der Waals surface area contributed by atoms with Crippen molar-refractivity contribution in [1.29, 1.82) is 0 Å². The highest BCUT2D eigenvalue weighted by atomic mass is 31.2. The summed E-state index contributed by atoms with van der Waals surface area (Å²) in [6, 6.07) is 19.4. The number of ether oxygens (including phenoxy) is 1. The third-order valence-electron chi connectivity index (χ3n) is 4.40. The molecule has 0 heterocycles. The molecule has 0 bridgehead atoms. The molecule has 0 saturated heterocycles. The van der Waals surface area contributed by atoms with E-state index in [9.17, 15) is 19.0 Å². The molecule has 1 N–H and O–H groups in total. The molecular formula is C24H23O7P. The van der Waals surface area contributed by atoms with Gasteiger partial charge >= 0.3 is 13.8 Å². The molecule has 2 unspecified atom stereocenters. The highest BCUT2D eigenvalue weighted by Crippen LogP contribution is 2.44. The molecule has 0 aliphatic heterocycles. The molecule has 0 aromatic heterocycles. The predicted octanol–water partition coefficient (Wildman–Crippen LogP) is 5.35. The number of rotatable bonds is 8. The Balaban J connectivity index is 1.75. The topological polar surface area (TPSA) is 99.1 Å². The van der Waals surface area contributed by atoms with E-state index in [0.717, 1.165) is 11.1 Å². The predicted molar refractivity (Wildman–Crippen MR) is 119 cm³/mol. The fourth-order valence-electron chi connectivity index (χ4n) is 3.17. The number of ketones is 1. The van der Waals surface area contributed by atoms with E-state index in [4.69, 9.17) is 13.8 Å². The van der Waals surface area contributed by atoms with E-state index in [2.05, 4.69) is 0 Å². The fourth-order valence-corrected chi connectivity index (χ4v) is 3.97. The van der Waals surface area contributed by atoms with Crippen molar-refractivity contribution in [2.75, 3.05) is 0 Å². The summed E-state index contributed by atoms with van der Waals surface area (Å²) in [6.45, 7) is 4.92. The Morgan fingerprint density at radius 1 is 0.844 bits per heavy atom. The van der Waals surface area contributed by atoms with Gasteiger partial charge in [0.1, 0.15) is 11.5 Å². The van der Waals surface area contributed by atoms with Gasteiger partial charge in [0, 0.05) is 18.1 Å². The minimum Gasteiger partial charge on any atom is -0.449 e. The fraction of sp³-hybridized carbons (Fsp3) is 0.167. The average molecular weight is 454 g/mol. The van der Waals surface area contributed by atoms with Gasteiger partial charge in [0.05, 0.1) is 0 Å². The summed E-state index contributed by atoms with van der Waals surface area (Å²) in [5.41, 5.74) is 2.54. The summed E-state index contributed by atoms with van der Waals surface area (Å²) in [6.07, 6.45) is -1.10. The summed E-state index contributed by atoms with van der Waals surface area (Å²) < 4.78 is 27.9. The lowest BCUT2D eigenvalue weighted by Crippen LogP contribution is -2.18. The van der Waals surface area contributed by atoms with Gasteiger partial charge in [0.15, 0.2) is 6.10 Å². The minimum absolute atomic E-state index is 0.0421. The molecule has 166 valence electrons. The first-order valence-electron chi connectivity index (χ1n) is 9.80. The van der Waals surface area contributed by atoms with Gasteiger partial charge < -0.3 is 13.8 Å². The zero-order valence-corrected chi connectivity index (χ0v) is 18.7. The van der Waals surface area contributed by atoms with E-state index < -0.39 is 25.7 Å². The summed E-state index contributed by atoms with van der Waals surface area (Å²) >= 11 is 0. The number of Topliss-reactive ketones (excluding diaryl/α,β-unsaturated/α-hetero) is 1. The summed E-state index contributed by atoms with van der Waals surface area (Å²) in [5.74, 6) is -0.763. The molecule has 3 rings (SSSR count). The quantitative estimate of drug-likeness (QED) is 0.278. The lowest BCUT2D eigenvalue weighted by Gasteiger charge is -2.17. The average Bonchev–Trinajstić information content (AvgIpc) is 2.71. The number of benzene rings is 3. The van der Waals surface area contributed by atoms with Crippen molar-refractivity contribution in [1.82, 2.24) is 0 Å². The van der Waals surface area contributed by atoms with Crippen LogP contribution < -0.4 is 9.05 Å². The first-order chi connectivity index (χ1) is 15.1. The molecule has 32 heavy (non-hydrogen) atoms. The van der Waals surface area contributed by atoms with E-state index >= 15 is 0 Å². The van der Waals surface area contributed by atoms with Crippen molar-refractivity contribution in [3.63, 3.8) is 0 Å². The van der Waals surface area contributed by atoms with Crippen LogP contribution in [-0.4, -0.2) is 16.6 Å². The Morgan fingerprint density at radius 3 is 1.97 bits per heavy atom. The SMILES string of the molecule is CC(=O)OC(C(=O)c1ccc(OP(=O)(O)Oc2cc(C)cc(C)c2)cc1)c1ccccc1. The standard InChI is InChI=1S/C24H23O7P/c1-16-13-17(2)15-22(14-16)31-32(27,28)30-21-11-9-19(10-12-21)23(26)24(29-18(3)25)20-7-5-4-6-8-20/h4-15,24H,1-3H3,(H,27,28). The van der Waals surface area contributed by atoms with Gasteiger partial charge in [0.2, 0.25) is 5.78 Å². The second-order valence-electron chi connectivity index (χ2n) is 7.26. The van der Waals surface area contributed by atoms with Crippen LogP contribution in [0.3, 0.4) is 0 Å². The highest BCUT2D eigenvalue weighted by molar-refractivity contribution is 7.48. The van der Waals surface area contributed by atoms with Crippen molar-refractivity contribution in [2.45, 2.75) is 26.9 Å². The molecule has 0 aliphatic carbocycles. The Bertz CT molecular complexity index is 1140. The molecule has 0 fully saturated rings. The zero-order chi connectivity index (χ0) is 23.3. The van der Waals surface area contributed by atoms with Crippen LogP contribution in [0.25, 0.3) is 0 Å². The normalized spacial score (nSPS) is 13.5. The lowest BCUT2D eigenvalue weighted by molar-refractivity contribution is -0.144. The maximum atomic E-state index is 12.9. The Labute approximate surface area is 186 Å². The van der Waals surface area contributed by atoms with Crippen LogP contribution in [0.15, 0.2) is 72.8 Å². The number of hydrogen-bond donors (Lipinski definition) is 1. The third kappa shape index (κ3) is 6.30. The van der Waals surface area contributed by atoms with Crippen molar-refractivity contribution < 1.29 is 32.8 Å². The van der Waals surface area contributed by atoms with Crippen molar-refractivity contribution in [3.8, 4) is 11.5 Å². The van der Waals surface area contributed by atoms with E-state index in [-0.39, 0.29) is 17.1 Å². The Kier molecular flexibility index (Phi) is 7.13. The molecule has 0 saturated carbocycles. The third-order valence-corrected chi connectivity index (χ3v) is 5.28. The van der Waals surface area contributed by atoms with Gasteiger partial charge in [-0.05, 0) is 61.4 Å². The van der Waals surface area contributed by atoms with Gasteiger partial charge in [-0.25, -0.2) is 4.57 Å². The number of carbonyl (C=O) groups is 2. The zero-order valence-electron chi connectivity index (χ0n) is 17.8. The molecule has 2 atom stereocenters. The van der Waals surface area contributed by atoms with Crippen molar-refractivity contribution >= 4 is 19.6 Å². The van der Waals surface area contributed by atoms with E-state index in [1.54, 1.807) is 42.5 Å². The Hall–Kier alpha value is -3.41. The van der Waals surface area contributed by atoms with Gasteiger partial charge in [0.25, 0.3) is 0 Å². The summed E-state index contributed by atoms with van der Waals surface area (Å²) in [7, 11) is -4.45. The van der Waals surface area contributed by atoms with Gasteiger partial charge in [-0.3, -0.25) is 14.5 Å². The molecule has 3 aromatic rings. The number of phosphoric acid groups is 1. The van der Waals surface area contributed by atoms with Crippen LogP contribution in [-0.2, 0) is 14.1 Å². The maximum absolute atomic E-state index is 12.9. The van der Waals surface area contributed by atoms with Gasteiger partial charge in [-0.1, -0.05) is 36.4 Å². The molecule has 8 heteroatoms. The molecule has 0 radical (unpaired) electrons. The van der Waals surface area contributed by atoms with E-state index in [1.807, 2.05) is 19.9 Å². The van der Waals surface area contributed by atoms with E-state index in [1.165, 1.54) is 31.2 Å². The van der Waals surface area contributed by atoms with E-state index in [0.29, 0.717) is 5.56 Å². The molecule has 0 aliphatic rings. The summed E-state index contributed by atoms with van der Waals surface area (Å²) in [5, 5.41) is 0. The first-order valence-corrected chi connectivity index (χ1v) is 11.3. The van der Waals surface area contributed by atoms with Crippen LogP contribution >= 0.6 is 7.82 Å². The monoisotopic (exact) mass is 454 g/mol. The molecule has 3 aromatic carbocycles. The van der Waals surface area contributed by atoms with Crippen LogP contribution in [0.5, 0.6) is 11.5 Å². The number of carbonyl (C=O) groups excluding carboxylic acids is 2. The van der Waals surface area contributed by atoms with Crippen molar-refractivity contribution in [2.24, 2.45) is 0 Å². The van der Waals surface area contributed by atoms with Crippen LogP contribution in [0.1, 0.15) is 40.1 Å². The van der Waals surface area contributed by atoms with Crippen LogP contribution in [0.2, 0.25) is 0 Å². The smallest absolute Gasteiger partial charge is 0.449 e. The number of aryl methyl sites for hydroxylation is 2. The number of hydrogen-bond acceptors (Lipinski definition) is 6. The second-order valence-corrected chi connectivity index (χ2v) is 8.57. The molecule has 0 amide bonds. The highest BCUT2D eigenvalue weighted by Gasteiger charge is 2.27. The largest absolute Gasteiger partial charge is 0.584 e. The number of esters is 1. The molecule has 0 spiro atoms. The molecule has 7 nitrogen and oxygen atoms in total. The minimum atomic E-state index is -4.45. The van der Waals surface area contributed by atoms with Crippen LogP contribution in [0.4, 0.5) is 0 Å². The van der Waals surface area contributed by atoms with Gasteiger partial charge in [-0.15, -0.1) is 0 Å². The maximum Gasteiger partial charge on any atom is 0.584 e.